The van der Waals surface area contributed by atoms with Gasteiger partial charge in [-0.05, 0) is 39.2 Å². The summed E-state index contributed by atoms with van der Waals surface area (Å²) in [5.74, 6) is 0. The van der Waals surface area contributed by atoms with Gasteiger partial charge in [0.1, 0.15) is 15.7 Å². The molecule has 0 saturated carbocycles. The standard InChI is InChI=1S/C10H15N3S2/c1-10(2,3)11-9(14)7-5-6-8(15-4)13-12-7/h5-6H,1-4H3,(H,11,14). The highest BCUT2D eigenvalue weighted by Gasteiger charge is 2.13. The van der Waals surface area contributed by atoms with Crippen molar-refractivity contribution in [1.29, 1.82) is 0 Å². The first-order valence-corrected chi connectivity index (χ1v) is 6.26. The monoisotopic (exact) mass is 241 g/mol. The van der Waals surface area contributed by atoms with Crippen molar-refractivity contribution in [2.75, 3.05) is 6.26 Å². The van der Waals surface area contributed by atoms with Crippen LogP contribution in [-0.4, -0.2) is 27.0 Å². The molecule has 5 heteroatoms. The molecule has 82 valence electrons. The zero-order valence-electron chi connectivity index (χ0n) is 9.37. The van der Waals surface area contributed by atoms with Crippen LogP contribution in [0.5, 0.6) is 0 Å². The minimum Gasteiger partial charge on any atom is -0.370 e. The van der Waals surface area contributed by atoms with Crippen LogP contribution in [0.4, 0.5) is 0 Å². The summed E-state index contributed by atoms with van der Waals surface area (Å²) in [6.45, 7) is 6.18. The SMILES string of the molecule is CSc1ccc(C(=S)NC(C)(C)C)nn1. The Balaban J connectivity index is 2.75. The second kappa shape index (κ2) is 4.90. The third kappa shape index (κ3) is 4.13. The van der Waals surface area contributed by atoms with Crippen molar-refractivity contribution in [3.8, 4) is 0 Å². The summed E-state index contributed by atoms with van der Waals surface area (Å²) in [6.07, 6.45) is 1.97. The largest absolute Gasteiger partial charge is 0.370 e. The van der Waals surface area contributed by atoms with Crippen LogP contribution >= 0.6 is 24.0 Å². The van der Waals surface area contributed by atoms with Crippen LogP contribution in [0.3, 0.4) is 0 Å². The number of rotatable bonds is 2. The molecule has 0 saturated heterocycles. The summed E-state index contributed by atoms with van der Waals surface area (Å²) >= 11 is 6.79. The fourth-order valence-electron chi connectivity index (χ4n) is 0.955. The van der Waals surface area contributed by atoms with E-state index in [-0.39, 0.29) is 5.54 Å². The molecule has 0 aliphatic rings. The third-order valence-corrected chi connectivity index (χ3v) is 2.52. The lowest BCUT2D eigenvalue weighted by molar-refractivity contribution is 0.515. The van der Waals surface area contributed by atoms with Gasteiger partial charge in [-0.15, -0.1) is 22.0 Å². The molecule has 0 aliphatic heterocycles. The molecular formula is C10H15N3S2. The van der Waals surface area contributed by atoms with Gasteiger partial charge in [0.25, 0.3) is 0 Å². The van der Waals surface area contributed by atoms with E-state index in [4.69, 9.17) is 12.2 Å². The van der Waals surface area contributed by atoms with E-state index in [2.05, 4.69) is 36.3 Å². The number of hydrogen-bond acceptors (Lipinski definition) is 4. The van der Waals surface area contributed by atoms with Crippen molar-refractivity contribution in [3.63, 3.8) is 0 Å². The number of hydrogen-bond donors (Lipinski definition) is 1. The quantitative estimate of drug-likeness (QED) is 0.635. The lowest BCUT2D eigenvalue weighted by Gasteiger charge is -2.21. The number of thiocarbonyl (C=S) groups is 1. The van der Waals surface area contributed by atoms with Gasteiger partial charge in [0.2, 0.25) is 0 Å². The van der Waals surface area contributed by atoms with E-state index < -0.39 is 0 Å². The fourth-order valence-corrected chi connectivity index (χ4v) is 1.70. The Bertz CT molecular complexity index is 341. The van der Waals surface area contributed by atoms with Gasteiger partial charge in [-0.25, -0.2) is 0 Å². The highest BCUT2D eigenvalue weighted by molar-refractivity contribution is 7.98. The molecule has 0 unspecified atom stereocenters. The zero-order valence-corrected chi connectivity index (χ0v) is 11.0. The topological polar surface area (TPSA) is 37.8 Å². The predicted molar refractivity (Wildman–Crippen MR) is 68.4 cm³/mol. The Morgan fingerprint density at radius 1 is 1.33 bits per heavy atom. The van der Waals surface area contributed by atoms with Gasteiger partial charge in [-0.2, -0.15) is 0 Å². The van der Waals surface area contributed by atoms with Gasteiger partial charge in [-0.1, -0.05) is 12.2 Å². The maximum atomic E-state index is 5.23. The van der Waals surface area contributed by atoms with Gasteiger partial charge in [0, 0.05) is 5.54 Å². The van der Waals surface area contributed by atoms with Crippen molar-refractivity contribution < 1.29 is 0 Å². The smallest absolute Gasteiger partial charge is 0.127 e. The van der Waals surface area contributed by atoms with E-state index in [0.717, 1.165) is 10.7 Å². The average molecular weight is 241 g/mol. The normalized spacial score (nSPS) is 11.2. The van der Waals surface area contributed by atoms with Crippen LogP contribution in [0, 0.1) is 0 Å². The minimum atomic E-state index is -0.0447. The Kier molecular flexibility index (Phi) is 4.04. The molecule has 3 nitrogen and oxygen atoms in total. The van der Waals surface area contributed by atoms with E-state index in [1.807, 2.05) is 18.4 Å². The predicted octanol–water partition coefficient (Wildman–Crippen LogP) is 2.26. The van der Waals surface area contributed by atoms with Crippen molar-refractivity contribution in [1.82, 2.24) is 15.5 Å². The number of nitrogens with zero attached hydrogens (tertiary/aromatic N) is 2. The maximum absolute atomic E-state index is 5.23. The van der Waals surface area contributed by atoms with Gasteiger partial charge in [-0.3, -0.25) is 0 Å². The molecule has 0 fully saturated rings. The number of nitrogens with one attached hydrogen (secondary N) is 1. The second-order valence-corrected chi connectivity index (χ2v) is 5.40. The highest BCUT2D eigenvalue weighted by atomic mass is 32.2. The summed E-state index contributed by atoms with van der Waals surface area (Å²) in [6, 6.07) is 3.81. The maximum Gasteiger partial charge on any atom is 0.127 e. The molecule has 0 atom stereocenters. The van der Waals surface area contributed by atoms with Gasteiger partial charge in [0.15, 0.2) is 0 Å². The van der Waals surface area contributed by atoms with Crippen LogP contribution < -0.4 is 5.32 Å². The number of aromatic nitrogens is 2. The molecule has 1 aromatic heterocycles. The minimum absolute atomic E-state index is 0.0447. The lowest BCUT2D eigenvalue weighted by atomic mass is 10.1. The molecular weight excluding hydrogens is 226 g/mol. The van der Waals surface area contributed by atoms with Crippen LogP contribution in [0.15, 0.2) is 17.2 Å². The molecule has 0 spiro atoms. The van der Waals surface area contributed by atoms with E-state index in [1.54, 1.807) is 11.8 Å². The summed E-state index contributed by atoms with van der Waals surface area (Å²) in [5.41, 5.74) is 0.675. The van der Waals surface area contributed by atoms with Crippen molar-refractivity contribution in [2.24, 2.45) is 0 Å². The Morgan fingerprint density at radius 3 is 2.40 bits per heavy atom. The molecule has 0 bridgehead atoms. The molecule has 0 aromatic carbocycles. The third-order valence-electron chi connectivity index (χ3n) is 1.57. The van der Waals surface area contributed by atoms with Crippen molar-refractivity contribution in [2.45, 2.75) is 31.3 Å². The molecule has 15 heavy (non-hydrogen) atoms. The first kappa shape index (κ1) is 12.4. The Hall–Kier alpha value is -0.680. The molecule has 0 radical (unpaired) electrons. The first-order chi connectivity index (χ1) is 6.92. The molecule has 1 N–H and O–H groups in total. The zero-order chi connectivity index (χ0) is 11.5. The molecule has 1 rings (SSSR count). The van der Waals surface area contributed by atoms with Crippen molar-refractivity contribution in [3.05, 3.63) is 17.8 Å². The molecule has 0 aliphatic carbocycles. The van der Waals surface area contributed by atoms with E-state index in [0.29, 0.717) is 4.99 Å². The van der Waals surface area contributed by atoms with E-state index in [9.17, 15) is 0 Å². The fraction of sp³-hybridized carbons (Fsp3) is 0.500. The summed E-state index contributed by atoms with van der Waals surface area (Å²) in [4.78, 5) is 0.641. The first-order valence-electron chi connectivity index (χ1n) is 4.62. The van der Waals surface area contributed by atoms with Gasteiger partial charge < -0.3 is 5.32 Å². The molecule has 1 heterocycles. The van der Waals surface area contributed by atoms with Crippen molar-refractivity contribution >= 4 is 29.0 Å². The molecule has 1 aromatic rings. The van der Waals surface area contributed by atoms with Gasteiger partial charge in [0.05, 0.1) is 0 Å². The Morgan fingerprint density at radius 2 is 2.00 bits per heavy atom. The highest BCUT2D eigenvalue weighted by Crippen LogP contribution is 2.10. The summed E-state index contributed by atoms with van der Waals surface area (Å²) < 4.78 is 0. The summed E-state index contributed by atoms with van der Waals surface area (Å²) in [5, 5.41) is 12.2. The van der Waals surface area contributed by atoms with Crippen LogP contribution in [-0.2, 0) is 0 Å². The van der Waals surface area contributed by atoms with E-state index in [1.165, 1.54) is 0 Å². The second-order valence-electron chi connectivity index (χ2n) is 4.17. The lowest BCUT2D eigenvalue weighted by Crippen LogP contribution is -2.40. The van der Waals surface area contributed by atoms with Crippen LogP contribution in [0.1, 0.15) is 26.5 Å². The Labute approximate surface area is 100 Å². The number of thioether (sulfide) groups is 1. The van der Waals surface area contributed by atoms with Crippen LogP contribution in [0.25, 0.3) is 0 Å². The van der Waals surface area contributed by atoms with Crippen LogP contribution in [0.2, 0.25) is 0 Å². The summed E-state index contributed by atoms with van der Waals surface area (Å²) in [7, 11) is 0. The van der Waals surface area contributed by atoms with E-state index >= 15 is 0 Å². The molecule has 0 amide bonds. The van der Waals surface area contributed by atoms with Gasteiger partial charge >= 0.3 is 0 Å². The average Bonchev–Trinajstić information content (AvgIpc) is 2.15.